The predicted molar refractivity (Wildman–Crippen MR) is 65.0 cm³/mol. The smallest absolute Gasteiger partial charge is 0.326 e. The second-order valence-electron chi connectivity index (χ2n) is 2.79. The Kier molecular flexibility index (Phi) is 13.4. The van der Waals surface area contributed by atoms with Gasteiger partial charge in [0, 0.05) is 26.1 Å². The second kappa shape index (κ2) is 11.1. The number of rotatable bonds is 8. The van der Waals surface area contributed by atoms with Crippen molar-refractivity contribution in [1.82, 2.24) is 0 Å². The van der Waals surface area contributed by atoms with E-state index in [1.807, 2.05) is 13.8 Å². The van der Waals surface area contributed by atoms with Gasteiger partial charge in [-0.3, -0.25) is 0 Å². The summed E-state index contributed by atoms with van der Waals surface area (Å²) in [5.74, 6) is 0.532. The minimum absolute atomic E-state index is 0. The average Bonchev–Trinajstić information content (AvgIpc) is 2.17. The van der Waals surface area contributed by atoms with E-state index in [0.29, 0.717) is 5.88 Å². The zero-order valence-electron chi connectivity index (χ0n) is 9.57. The molecule has 0 saturated heterocycles. The maximum absolute atomic E-state index is 5.64. The molecule has 0 aromatic heterocycles. The summed E-state index contributed by atoms with van der Waals surface area (Å²) < 4.78 is 21.1. The van der Waals surface area contributed by atoms with Crippen LogP contribution in [0.3, 0.4) is 0 Å². The maximum atomic E-state index is 5.64. The van der Waals surface area contributed by atoms with Crippen LogP contribution in [0.1, 0.15) is 13.8 Å². The summed E-state index contributed by atoms with van der Waals surface area (Å²) in [7, 11) is 1.42. The largest absolute Gasteiger partial charge is 0.370 e. The molecular formula is C8H20Cl2O4Si. The molecule has 2 atom stereocenters. The summed E-state index contributed by atoms with van der Waals surface area (Å²) in [4.78, 5) is 0. The maximum Gasteiger partial charge on any atom is 0.326 e. The zero-order valence-corrected chi connectivity index (χ0v) is 12.3. The molecular weight excluding hydrogens is 259 g/mol. The number of alkyl halides is 1. The van der Waals surface area contributed by atoms with Crippen molar-refractivity contribution in [3.63, 3.8) is 0 Å². The van der Waals surface area contributed by atoms with E-state index in [0.717, 1.165) is 6.04 Å². The van der Waals surface area contributed by atoms with Crippen LogP contribution in [0.5, 0.6) is 0 Å². The summed E-state index contributed by atoms with van der Waals surface area (Å²) in [5, 5.41) is 0. The van der Waals surface area contributed by atoms with E-state index in [1.165, 1.54) is 0 Å². The van der Waals surface area contributed by atoms with E-state index < -0.39 is 9.28 Å². The van der Waals surface area contributed by atoms with Crippen LogP contribution in [-0.2, 0) is 18.3 Å². The van der Waals surface area contributed by atoms with Crippen LogP contribution < -0.4 is 0 Å². The van der Waals surface area contributed by atoms with Gasteiger partial charge in [-0.15, -0.1) is 24.0 Å². The van der Waals surface area contributed by atoms with Gasteiger partial charge in [0.15, 0.2) is 0 Å². The van der Waals surface area contributed by atoms with E-state index in [1.54, 1.807) is 14.2 Å². The Morgan fingerprint density at radius 1 is 1.07 bits per heavy atom. The fourth-order valence-corrected chi connectivity index (χ4v) is 2.92. The lowest BCUT2D eigenvalue weighted by molar-refractivity contribution is -0.0928. The van der Waals surface area contributed by atoms with E-state index >= 15 is 0 Å². The third kappa shape index (κ3) is 9.56. The summed E-state index contributed by atoms with van der Waals surface area (Å²) >= 11 is 5.64. The minimum Gasteiger partial charge on any atom is -0.370 e. The fourth-order valence-electron chi connectivity index (χ4n) is 0.796. The molecule has 0 saturated carbocycles. The molecule has 7 heteroatoms. The van der Waals surface area contributed by atoms with Crippen LogP contribution in [0.4, 0.5) is 0 Å². The van der Waals surface area contributed by atoms with Gasteiger partial charge in [0.2, 0.25) is 0 Å². The average molecular weight is 279 g/mol. The van der Waals surface area contributed by atoms with Crippen molar-refractivity contribution in [2.24, 2.45) is 0 Å². The number of ether oxygens (including phenoxy) is 2. The first kappa shape index (κ1) is 18.0. The van der Waals surface area contributed by atoms with Gasteiger partial charge in [0.1, 0.15) is 12.6 Å². The third-order valence-corrected chi connectivity index (χ3v) is 4.41. The first-order valence-corrected chi connectivity index (χ1v) is 6.85. The summed E-state index contributed by atoms with van der Waals surface area (Å²) in [5.41, 5.74) is 0. The molecule has 0 aromatic carbocycles. The standard InChI is InChI=1S/C8H19ClO4Si.ClH/c1-7(10-3)12-14(6-5-9)13-8(2)11-4;/h7-8,14H,5-6H2,1-4H3;1H. The SMILES string of the molecule is COC(C)O[SiH](CCCl)OC(C)OC.Cl. The molecule has 0 spiro atoms. The van der Waals surface area contributed by atoms with E-state index in [-0.39, 0.29) is 25.0 Å². The van der Waals surface area contributed by atoms with Crippen LogP contribution in [0.2, 0.25) is 6.04 Å². The molecule has 0 aliphatic rings. The highest BCUT2D eigenvalue weighted by Crippen LogP contribution is 2.07. The first-order chi connectivity index (χ1) is 6.63. The predicted octanol–water partition coefficient (Wildman–Crippen LogP) is 1.89. The Morgan fingerprint density at radius 3 is 1.73 bits per heavy atom. The molecule has 15 heavy (non-hydrogen) atoms. The highest BCUT2D eigenvalue weighted by Gasteiger charge is 2.19. The molecule has 0 bridgehead atoms. The lowest BCUT2D eigenvalue weighted by Crippen LogP contribution is -2.32. The fraction of sp³-hybridized carbons (Fsp3) is 1.00. The van der Waals surface area contributed by atoms with Gasteiger partial charge in [-0.1, -0.05) is 0 Å². The highest BCUT2D eigenvalue weighted by atomic mass is 35.5. The molecule has 0 aliphatic carbocycles. The van der Waals surface area contributed by atoms with Crippen LogP contribution in [0.25, 0.3) is 0 Å². The Labute approximate surface area is 104 Å². The molecule has 0 aliphatic heterocycles. The van der Waals surface area contributed by atoms with Crippen molar-refractivity contribution in [3.05, 3.63) is 0 Å². The van der Waals surface area contributed by atoms with Gasteiger partial charge in [0.25, 0.3) is 0 Å². The molecule has 94 valence electrons. The molecule has 0 fully saturated rings. The van der Waals surface area contributed by atoms with E-state index in [4.69, 9.17) is 29.9 Å². The summed E-state index contributed by atoms with van der Waals surface area (Å²) in [6, 6.07) is 0.739. The minimum atomic E-state index is -1.77. The first-order valence-electron chi connectivity index (χ1n) is 4.56. The van der Waals surface area contributed by atoms with Crippen molar-refractivity contribution in [2.45, 2.75) is 32.5 Å². The summed E-state index contributed by atoms with van der Waals surface area (Å²) in [6.45, 7) is 3.66. The van der Waals surface area contributed by atoms with Crippen molar-refractivity contribution in [2.75, 3.05) is 20.1 Å². The Balaban J connectivity index is 0. The van der Waals surface area contributed by atoms with Gasteiger partial charge in [-0.05, 0) is 13.8 Å². The van der Waals surface area contributed by atoms with Crippen molar-refractivity contribution < 1.29 is 18.3 Å². The molecule has 0 N–H and O–H groups in total. The Morgan fingerprint density at radius 2 is 1.47 bits per heavy atom. The molecule has 4 nitrogen and oxygen atoms in total. The molecule has 0 aromatic rings. The molecule has 2 unspecified atom stereocenters. The van der Waals surface area contributed by atoms with Crippen molar-refractivity contribution in [3.8, 4) is 0 Å². The Bertz CT molecular complexity index is 130. The van der Waals surface area contributed by atoms with Gasteiger partial charge in [-0.25, -0.2) is 0 Å². The van der Waals surface area contributed by atoms with Crippen LogP contribution in [0.15, 0.2) is 0 Å². The lowest BCUT2D eigenvalue weighted by atomic mass is 10.8. The van der Waals surface area contributed by atoms with Gasteiger partial charge >= 0.3 is 9.28 Å². The Hall–Kier alpha value is 0.637. The second-order valence-corrected chi connectivity index (χ2v) is 5.14. The number of halogens is 2. The molecule has 0 rings (SSSR count). The topological polar surface area (TPSA) is 36.9 Å². The van der Waals surface area contributed by atoms with Crippen LogP contribution in [0, 0.1) is 0 Å². The quantitative estimate of drug-likeness (QED) is 0.386. The van der Waals surface area contributed by atoms with Crippen LogP contribution >= 0.6 is 24.0 Å². The molecule has 0 amide bonds. The number of hydrogen-bond donors (Lipinski definition) is 0. The van der Waals surface area contributed by atoms with Gasteiger partial charge < -0.3 is 18.3 Å². The molecule has 0 heterocycles. The van der Waals surface area contributed by atoms with Gasteiger partial charge in [-0.2, -0.15) is 0 Å². The lowest BCUT2D eigenvalue weighted by Gasteiger charge is -2.22. The third-order valence-electron chi connectivity index (χ3n) is 1.70. The number of methoxy groups -OCH3 is 2. The monoisotopic (exact) mass is 278 g/mol. The van der Waals surface area contributed by atoms with E-state index in [2.05, 4.69) is 0 Å². The van der Waals surface area contributed by atoms with Crippen molar-refractivity contribution >= 4 is 33.3 Å². The van der Waals surface area contributed by atoms with E-state index in [9.17, 15) is 0 Å². The van der Waals surface area contributed by atoms with Crippen molar-refractivity contribution in [1.29, 1.82) is 0 Å². The highest BCUT2D eigenvalue weighted by molar-refractivity contribution is 6.46. The molecule has 0 radical (unpaired) electrons. The zero-order chi connectivity index (χ0) is 11.0. The normalized spacial score (nSPS) is 16.6. The van der Waals surface area contributed by atoms with Gasteiger partial charge in [0.05, 0.1) is 0 Å². The summed E-state index contributed by atoms with van der Waals surface area (Å²) in [6.07, 6.45) is -0.502. The van der Waals surface area contributed by atoms with Crippen LogP contribution in [-0.4, -0.2) is 42.0 Å². The number of hydrogen-bond acceptors (Lipinski definition) is 4.